The first-order chi connectivity index (χ1) is 11.5. The molecule has 0 aliphatic carbocycles. The molecular weight excluding hydrogens is 381 g/mol. The Kier molecular flexibility index (Phi) is 4.57. The van der Waals surface area contributed by atoms with E-state index in [-0.39, 0.29) is 11.4 Å². The van der Waals surface area contributed by atoms with Crippen molar-refractivity contribution in [1.82, 2.24) is 10.2 Å². The highest BCUT2D eigenvalue weighted by molar-refractivity contribution is 9.10. The summed E-state index contributed by atoms with van der Waals surface area (Å²) in [5.41, 5.74) is 0.781. The van der Waals surface area contributed by atoms with Crippen LogP contribution in [0.3, 0.4) is 0 Å². The van der Waals surface area contributed by atoms with Crippen molar-refractivity contribution in [2.45, 2.75) is 0 Å². The van der Waals surface area contributed by atoms with Crippen LogP contribution in [-0.4, -0.2) is 28.7 Å². The van der Waals surface area contributed by atoms with Gasteiger partial charge in [-0.3, -0.25) is 9.89 Å². The highest BCUT2D eigenvalue weighted by Crippen LogP contribution is 2.19. The van der Waals surface area contributed by atoms with Gasteiger partial charge in [0, 0.05) is 9.86 Å². The van der Waals surface area contributed by atoms with E-state index in [0.717, 1.165) is 0 Å². The summed E-state index contributed by atoms with van der Waals surface area (Å²) in [5.74, 6) is -1.98. The molecule has 1 amide bonds. The van der Waals surface area contributed by atoms with Crippen LogP contribution in [0.1, 0.15) is 10.5 Å². The fourth-order valence-corrected chi connectivity index (χ4v) is 2.43. The van der Waals surface area contributed by atoms with E-state index >= 15 is 0 Å². The lowest BCUT2D eigenvalue weighted by atomic mass is 10.2. The van der Waals surface area contributed by atoms with Crippen LogP contribution in [0.25, 0.3) is 10.9 Å². The second-order valence-corrected chi connectivity index (χ2v) is 5.78. The average Bonchev–Trinajstić information content (AvgIpc) is 2.99. The zero-order valence-corrected chi connectivity index (χ0v) is 13.8. The molecule has 0 aliphatic rings. The number of hydrogen-bond acceptors (Lipinski definition) is 4. The number of anilines is 1. The van der Waals surface area contributed by atoms with Gasteiger partial charge in [-0.05, 0) is 24.3 Å². The monoisotopic (exact) mass is 391 g/mol. The molecule has 1 aromatic heterocycles. The van der Waals surface area contributed by atoms with Crippen LogP contribution in [0.4, 0.5) is 10.1 Å². The van der Waals surface area contributed by atoms with Crippen molar-refractivity contribution in [2.24, 2.45) is 0 Å². The number of hydrogen-bond donors (Lipinski definition) is 2. The van der Waals surface area contributed by atoms with Crippen molar-refractivity contribution in [2.75, 3.05) is 11.9 Å². The van der Waals surface area contributed by atoms with E-state index in [1.165, 1.54) is 12.1 Å². The molecule has 8 heteroatoms. The molecule has 0 saturated carbocycles. The van der Waals surface area contributed by atoms with Crippen LogP contribution in [-0.2, 0) is 9.53 Å². The van der Waals surface area contributed by atoms with Crippen molar-refractivity contribution in [3.63, 3.8) is 0 Å². The number of H-pyrrole nitrogens is 1. The van der Waals surface area contributed by atoms with Crippen LogP contribution >= 0.6 is 15.9 Å². The zero-order valence-electron chi connectivity index (χ0n) is 12.2. The van der Waals surface area contributed by atoms with Gasteiger partial charge in [-0.1, -0.05) is 34.1 Å². The lowest BCUT2D eigenvalue weighted by molar-refractivity contribution is -0.119. The number of amides is 1. The van der Waals surface area contributed by atoms with E-state index in [0.29, 0.717) is 15.4 Å². The number of nitrogens with zero attached hydrogens (tertiary/aromatic N) is 1. The number of aromatic amines is 1. The van der Waals surface area contributed by atoms with Gasteiger partial charge in [0.2, 0.25) is 0 Å². The minimum Gasteiger partial charge on any atom is -0.451 e. The molecule has 0 bridgehead atoms. The number of rotatable bonds is 4. The molecule has 0 saturated heterocycles. The summed E-state index contributed by atoms with van der Waals surface area (Å²) in [6, 6.07) is 11.3. The third-order valence-electron chi connectivity index (χ3n) is 3.20. The summed E-state index contributed by atoms with van der Waals surface area (Å²) in [6.07, 6.45) is 0. The fraction of sp³-hybridized carbons (Fsp3) is 0.0625. The summed E-state index contributed by atoms with van der Waals surface area (Å²) in [5, 5.41) is 9.52. The van der Waals surface area contributed by atoms with Crippen molar-refractivity contribution >= 4 is 44.4 Å². The number of aromatic nitrogens is 2. The number of nitrogens with one attached hydrogen (secondary N) is 2. The molecule has 6 nitrogen and oxygen atoms in total. The lowest BCUT2D eigenvalue weighted by Crippen LogP contribution is -2.21. The molecule has 0 aliphatic heterocycles. The van der Waals surface area contributed by atoms with E-state index < -0.39 is 24.3 Å². The molecule has 2 aromatic carbocycles. The Balaban J connectivity index is 1.62. The van der Waals surface area contributed by atoms with Crippen molar-refractivity contribution in [3.8, 4) is 0 Å². The Morgan fingerprint density at radius 1 is 1.25 bits per heavy atom. The van der Waals surface area contributed by atoms with Crippen molar-refractivity contribution in [3.05, 3.63) is 58.4 Å². The largest absolute Gasteiger partial charge is 0.451 e. The molecule has 0 fully saturated rings. The van der Waals surface area contributed by atoms with Gasteiger partial charge in [0.15, 0.2) is 12.3 Å². The van der Waals surface area contributed by atoms with E-state index in [1.54, 1.807) is 30.3 Å². The highest BCUT2D eigenvalue weighted by Gasteiger charge is 2.17. The van der Waals surface area contributed by atoms with Gasteiger partial charge in [-0.2, -0.15) is 5.10 Å². The maximum atomic E-state index is 13.6. The Labute approximate surface area is 144 Å². The first-order valence-electron chi connectivity index (χ1n) is 6.90. The predicted molar refractivity (Wildman–Crippen MR) is 89.1 cm³/mol. The molecule has 0 radical (unpaired) electrons. The predicted octanol–water partition coefficient (Wildman–Crippen LogP) is 3.26. The maximum Gasteiger partial charge on any atom is 0.359 e. The summed E-state index contributed by atoms with van der Waals surface area (Å²) < 4.78 is 19.1. The summed E-state index contributed by atoms with van der Waals surface area (Å²) in [7, 11) is 0. The van der Waals surface area contributed by atoms with E-state index in [4.69, 9.17) is 4.74 Å². The molecule has 0 spiro atoms. The molecule has 3 rings (SSSR count). The van der Waals surface area contributed by atoms with Gasteiger partial charge in [0.1, 0.15) is 5.82 Å². The number of benzene rings is 2. The number of para-hydroxylation sites is 1. The second kappa shape index (κ2) is 6.79. The second-order valence-electron chi connectivity index (χ2n) is 4.87. The Morgan fingerprint density at radius 2 is 2.04 bits per heavy atom. The smallest absolute Gasteiger partial charge is 0.359 e. The number of halogens is 2. The minimum atomic E-state index is -0.737. The Morgan fingerprint density at radius 3 is 2.83 bits per heavy atom. The quantitative estimate of drug-likeness (QED) is 0.668. The van der Waals surface area contributed by atoms with Crippen LogP contribution in [0.5, 0.6) is 0 Å². The molecule has 3 aromatic rings. The standard InChI is InChI=1S/C16H11BrFN3O3/c17-9-5-6-13(11(18)7-9)19-14(22)8-24-16(23)15-10-3-1-2-4-12(10)20-21-15/h1-7H,8H2,(H,19,22)(H,20,21). The summed E-state index contributed by atoms with van der Waals surface area (Å²) >= 11 is 3.12. The normalized spacial score (nSPS) is 10.6. The minimum absolute atomic E-state index is 0.00414. The molecule has 24 heavy (non-hydrogen) atoms. The summed E-state index contributed by atoms with van der Waals surface area (Å²) in [4.78, 5) is 23.8. The summed E-state index contributed by atoms with van der Waals surface area (Å²) in [6.45, 7) is -0.546. The molecular formula is C16H11BrFN3O3. The lowest BCUT2D eigenvalue weighted by Gasteiger charge is -2.07. The average molecular weight is 392 g/mol. The van der Waals surface area contributed by atoms with E-state index in [9.17, 15) is 14.0 Å². The van der Waals surface area contributed by atoms with Gasteiger partial charge in [-0.25, -0.2) is 9.18 Å². The van der Waals surface area contributed by atoms with Gasteiger partial charge < -0.3 is 10.1 Å². The molecule has 0 atom stereocenters. The van der Waals surface area contributed by atoms with Crippen LogP contribution in [0, 0.1) is 5.82 Å². The maximum absolute atomic E-state index is 13.6. The van der Waals surface area contributed by atoms with Gasteiger partial charge >= 0.3 is 5.97 Å². The van der Waals surface area contributed by atoms with Crippen molar-refractivity contribution in [1.29, 1.82) is 0 Å². The zero-order chi connectivity index (χ0) is 17.1. The number of ether oxygens (including phenoxy) is 1. The van der Waals surface area contributed by atoms with Gasteiger partial charge in [0.05, 0.1) is 11.2 Å². The molecule has 2 N–H and O–H groups in total. The van der Waals surface area contributed by atoms with Crippen molar-refractivity contribution < 1.29 is 18.7 Å². The Bertz CT molecular complexity index is 926. The van der Waals surface area contributed by atoms with Crippen LogP contribution in [0.15, 0.2) is 46.9 Å². The molecule has 122 valence electrons. The number of carbonyl (C=O) groups excluding carboxylic acids is 2. The SMILES string of the molecule is O=C(COC(=O)c1n[nH]c2ccccc12)Nc1ccc(Br)cc1F. The first-order valence-corrected chi connectivity index (χ1v) is 7.69. The number of carbonyl (C=O) groups is 2. The van der Waals surface area contributed by atoms with Crippen LogP contribution in [0.2, 0.25) is 0 Å². The van der Waals surface area contributed by atoms with E-state index in [2.05, 4.69) is 31.4 Å². The number of esters is 1. The molecule has 0 unspecified atom stereocenters. The van der Waals surface area contributed by atoms with Crippen LogP contribution < -0.4 is 5.32 Å². The third kappa shape index (κ3) is 3.43. The third-order valence-corrected chi connectivity index (χ3v) is 3.70. The first kappa shape index (κ1) is 16.1. The Hall–Kier alpha value is -2.74. The topological polar surface area (TPSA) is 84.1 Å². The van der Waals surface area contributed by atoms with Gasteiger partial charge in [-0.15, -0.1) is 0 Å². The van der Waals surface area contributed by atoms with E-state index in [1.807, 2.05) is 0 Å². The molecule has 1 heterocycles. The highest BCUT2D eigenvalue weighted by atomic mass is 79.9. The number of fused-ring (bicyclic) bond motifs is 1. The van der Waals surface area contributed by atoms with Gasteiger partial charge in [0.25, 0.3) is 5.91 Å². The fourth-order valence-electron chi connectivity index (χ4n) is 2.10.